The average Bonchev–Trinajstić information content (AvgIpc) is 3.27. The molecule has 0 heterocycles. The molecule has 1 aliphatic carbocycles. The van der Waals surface area contributed by atoms with E-state index < -0.39 is 89.6 Å². The zero-order valence-corrected chi connectivity index (χ0v) is 41.0. The van der Waals surface area contributed by atoms with Gasteiger partial charge in [0.05, 0.1) is 12.7 Å². The number of rotatable bonds is 39. The van der Waals surface area contributed by atoms with Crippen LogP contribution in [0, 0.1) is 0 Å². The van der Waals surface area contributed by atoms with E-state index in [1.165, 1.54) is 38.5 Å². The highest BCUT2D eigenvalue weighted by atomic mass is 31.2. The Kier molecular flexibility index (Phi) is 35.1. The van der Waals surface area contributed by atoms with Crippen molar-refractivity contribution >= 4 is 27.6 Å². The number of unbranched alkanes of at least 4 members (excludes halogenated alkanes) is 15. The van der Waals surface area contributed by atoms with E-state index in [0.29, 0.717) is 32.1 Å². The summed E-state index contributed by atoms with van der Waals surface area (Å²) in [7, 11) is -10.7. The third-order valence-corrected chi connectivity index (χ3v) is 12.1. The number of carbonyl (C=O) groups excluding carboxylic acids is 2. The van der Waals surface area contributed by atoms with Crippen molar-refractivity contribution in [1.82, 2.24) is 0 Å². The largest absolute Gasteiger partial charge is 0.472 e. The van der Waals surface area contributed by atoms with Gasteiger partial charge in [-0.3, -0.25) is 23.2 Å². The SMILES string of the molecule is CCCCC/C=C\C=C/[C@@H](O)C/C=C\C/C=C/CCCC(=O)OC[C@H](COP(=O)(O)O[C@H]1C(O)C(O)C(O)[C@@H](OP(=O)(O)O)C1O)OC(=O)CCCCCCCCC/C=C\CCCCCC. The lowest BCUT2D eigenvalue weighted by Gasteiger charge is -2.43. The predicted molar refractivity (Wildman–Crippen MR) is 252 cm³/mol. The number of hydrogen-bond donors (Lipinski definition) is 8. The highest BCUT2D eigenvalue weighted by molar-refractivity contribution is 7.47. The second kappa shape index (κ2) is 37.5. The minimum atomic E-state index is -5.38. The fraction of sp³-hybridized carbons (Fsp3) is 0.745. The molecule has 0 aromatic carbocycles. The number of phosphoric ester groups is 2. The second-order valence-electron chi connectivity index (χ2n) is 16.7. The van der Waals surface area contributed by atoms with Crippen molar-refractivity contribution < 1.29 is 82.0 Å². The van der Waals surface area contributed by atoms with Crippen LogP contribution in [0.4, 0.5) is 0 Å². The third-order valence-electron chi connectivity index (χ3n) is 10.6. The first kappa shape index (κ1) is 61.7. The van der Waals surface area contributed by atoms with Gasteiger partial charge in [-0.25, -0.2) is 9.13 Å². The average molecular weight is 981 g/mol. The quantitative estimate of drug-likeness (QED) is 0.00951. The summed E-state index contributed by atoms with van der Waals surface area (Å²) in [5, 5.41) is 51.3. The van der Waals surface area contributed by atoms with Crippen LogP contribution in [0.3, 0.4) is 0 Å². The minimum Gasteiger partial charge on any atom is -0.462 e. The number of aliphatic hydroxyl groups excluding tert-OH is 5. The maximum atomic E-state index is 13.0. The van der Waals surface area contributed by atoms with Crippen molar-refractivity contribution in [1.29, 1.82) is 0 Å². The van der Waals surface area contributed by atoms with E-state index in [2.05, 4.69) is 36.6 Å². The van der Waals surface area contributed by atoms with E-state index >= 15 is 0 Å². The molecule has 0 spiro atoms. The summed E-state index contributed by atoms with van der Waals surface area (Å²) < 4.78 is 49.3. The number of hydrogen-bond acceptors (Lipinski definition) is 14. The van der Waals surface area contributed by atoms with Gasteiger partial charge in [0.2, 0.25) is 0 Å². The summed E-state index contributed by atoms with van der Waals surface area (Å²) >= 11 is 0. The van der Waals surface area contributed by atoms with Crippen LogP contribution < -0.4 is 0 Å². The van der Waals surface area contributed by atoms with Gasteiger partial charge in [-0.05, 0) is 70.6 Å². The second-order valence-corrected chi connectivity index (χ2v) is 19.3. The Hall–Kier alpha value is -2.34. The summed E-state index contributed by atoms with van der Waals surface area (Å²) in [6, 6.07) is 0. The third kappa shape index (κ3) is 31.7. The van der Waals surface area contributed by atoms with Crippen molar-refractivity contribution in [2.24, 2.45) is 0 Å². The van der Waals surface area contributed by atoms with Crippen LogP contribution in [0.15, 0.2) is 60.8 Å². The Bertz CT molecular complexity index is 1530. The molecular weight excluding hydrogens is 898 g/mol. The van der Waals surface area contributed by atoms with Gasteiger partial charge in [0, 0.05) is 12.8 Å². The van der Waals surface area contributed by atoms with Crippen molar-refractivity contribution in [3.05, 3.63) is 60.8 Å². The number of allylic oxidation sites excluding steroid dienone is 8. The predicted octanol–water partition coefficient (Wildman–Crippen LogP) is 8.03. The van der Waals surface area contributed by atoms with Crippen molar-refractivity contribution in [3.8, 4) is 0 Å². The maximum absolute atomic E-state index is 13.0. The topological polar surface area (TPSA) is 276 Å². The first-order valence-electron chi connectivity index (χ1n) is 23.9. The van der Waals surface area contributed by atoms with Crippen LogP contribution in [0.5, 0.6) is 0 Å². The minimum absolute atomic E-state index is 0.00813. The Balaban J connectivity index is 2.66. The van der Waals surface area contributed by atoms with E-state index in [4.69, 9.17) is 18.5 Å². The molecule has 0 saturated heterocycles. The summed E-state index contributed by atoms with van der Waals surface area (Å²) in [6.45, 7) is 2.94. The van der Waals surface area contributed by atoms with E-state index in [0.717, 1.165) is 64.2 Å². The highest BCUT2D eigenvalue weighted by Gasteiger charge is 2.54. The van der Waals surface area contributed by atoms with Gasteiger partial charge in [-0.2, -0.15) is 0 Å². The Morgan fingerprint density at radius 2 is 1.08 bits per heavy atom. The van der Waals surface area contributed by atoms with Crippen molar-refractivity contribution in [3.63, 3.8) is 0 Å². The van der Waals surface area contributed by atoms with Gasteiger partial charge < -0.3 is 49.7 Å². The number of ether oxygens (including phenoxy) is 2. The molecule has 1 aliphatic rings. The molecule has 0 bridgehead atoms. The molecule has 19 heteroatoms. The smallest absolute Gasteiger partial charge is 0.462 e. The summed E-state index contributed by atoms with van der Waals surface area (Å²) in [6.07, 6.45) is 24.9. The van der Waals surface area contributed by atoms with Gasteiger partial charge in [0.15, 0.2) is 6.10 Å². The number of phosphoric acid groups is 2. The first-order valence-corrected chi connectivity index (χ1v) is 27.0. The molecule has 1 fully saturated rings. The molecule has 0 aliphatic heterocycles. The summed E-state index contributed by atoms with van der Waals surface area (Å²) in [5.74, 6) is -1.32. The van der Waals surface area contributed by atoms with E-state index in [9.17, 15) is 58.9 Å². The van der Waals surface area contributed by atoms with Crippen LogP contribution in [0.25, 0.3) is 0 Å². The Morgan fingerprint density at radius 3 is 1.73 bits per heavy atom. The molecule has 1 saturated carbocycles. The van der Waals surface area contributed by atoms with Gasteiger partial charge in [0.25, 0.3) is 0 Å². The fourth-order valence-corrected chi connectivity index (χ4v) is 8.40. The lowest BCUT2D eigenvalue weighted by Crippen LogP contribution is -2.64. The monoisotopic (exact) mass is 981 g/mol. The molecule has 0 aromatic rings. The molecule has 8 N–H and O–H groups in total. The van der Waals surface area contributed by atoms with Gasteiger partial charge in [0.1, 0.15) is 43.2 Å². The van der Waals surface area contributed by atoms with E-state index in [1.54, 1.807) is 6.08 Å². The van der Waals surface area contributed by atoms with Crippen molar-refractivity contribution in [2.75, 3.05) is 13.2 Å². The normalized spacial score (nSPS) is 22.5. The zero-order chi connectivity index (χ0) is 49.1. The fourth-order valence-electron chi connectivity index (χ4n) is 6.86. The molecular formula is C47H82O17P2. The molecule has 9 atom stereocenters. The number of carbonyl (C=O) groups is 2. The van der Waals surface area contributed by atoms with Crippen LogP contribution in [-0.2, 0) is 41.8 Å². The highest BCUT2D eigenvalue weighted by Crippen LogP contribution is 2.49. The lowest BCUT2D eigenvalue weighted by molar-refractivity contribution is -0.216. The molecule has 66 heavy (non-hydrogen) atoms. The van der Waals surface area contributed by atoms with Gasteiger partial charge in [-0.15, -0.1) is 0 Å². The summed E-state index contributed by atoms with van der Waals surface area (Å²) in [4.78, 5) is 54.3. The molecule has 0 aromatic heterocycles. The van der Waals surface area contributed by atoms with E-state index in [-0.39, 0.29) is 12.8 Å². The van der Waals surface area contributed by atoms with Crippen LogP contribution in [0.1, 0.15) is 162 Å². The molecule has 1 rings (SSSR count). The van der Waals surface area contributed by atoms with Crippen LogP contribution in [0.2, 0.25) is 0 Å². The maximum Gasteiger partial charge on any atom is 0.472 e. The Labute approximate surface area is 392 Å². The molecule has 382 valence electrons. The van der Waals surface area contributed by atoms with Crippen LogP contribution in [-0.4, -0.2) is 114 Å². The van der Waals surface area contributed by atoms with Gasteiger partial charge in [-0.1, -0.05) is 139 Å². The van der Waals surface area contributed by atoms with Gasteiger partial charge >= 0.3 is 27.6 Å². The number of aliphatic hydroxyl groups is 5. The van der Waals surface area contributed by atoms with Crippen LogP contribution >= 0.6 is 15.6 Å². The molecule has 5 unspecified atom stereocenters. The summed E-state index contributed by atoms with van der Waals surface area (Å²) in [5.41, 5.74) is 0. The Morgan fingerprint density at radius 1 is 0.561 bits per heavy atom. The zero-order valence-electron chi connectivity index (χ0n) is 39.2. The van der Waals surface area contributed by atoms with Crippen molar-refractivity contribution in [2.45, 2.75) is 210 Å². The standard InChI is InChI=1S/C47H82O17P2/c1-3-5-7-9-11-12-13-14-15-16-17-18-22-27-31-35-41(50)62-39(37-61-66(58,59)64-47-44(53)42(51)43(52)46(45(47)54)63-65(55,56)57)36-60-40(49)34-30-26-23-19-21-25-29-33-38(48)32-28-24-20-10-8-6-4-2/h12-13,19-20,23-25,28-29,32,38-39,42-48,51-54H,3-11,14-18,21-22,26-27,30-31,33-37H2,1-2H3,(H,58,59)(H2,55,56,57)/b13-12-,23-19+,24-20-,29-25-,32-28-/t38-,39-,42?,43?,44?,45?,46-,47+/m1/s1. The number of esters is 2. The van der Waals surface area contributed by atoms with E-state index in [1.807, 2.05) is 36.5 Å². The lowest BCUT2D eigenvalue weighted by atomic mass is 9.85. The molecule has 0 radical (unpaired) electrons. The first-order chi connectivity index (χ1) is 31.5. The molecule has 17 nitrogen and oxygen atoms in total. The molecule has 0 amide bonds.